The lowest BCUT2D eigenvalue weighted by atomic mass is 10.1. The zero-order valence-corrected chi connectivity index (χ0v) is 15.3. The number of benzene rings is 2. The normalized spacial score (nSPS) is 10.3. The smallest absolute Gasteiger partial charge is 0.255 e. The van der Waals surface area contributed by atoms with Crippen molar-refractivity contribution < 1.29 is 4.79 Å². The molecular weight excluding hydrogens is 485 g/mol. The van der Waals surface area contributed by atoms with Crippen molar-refractivity contribution in [3.05, 3.63) is 60.0 Å². The first-order chi connectivity index (χ1) is 8.95. The molecule has 5 heteroatoms. The summed E-state index contributed by atoms with van der Waals surface area (Å²) in [6.07, 6.45) is 0. The largest absolute Gasteiger partial charge is 0.322 e. The van der Waals surface area contributed by atoms with E-state index in [-0.39, 0.29) is 5.91 Å². The van der Waals surface area contributed by atoms with Crippen LogP contribution in [0.3, 0.4) is 0 Å². The lowest BCUT2D eigenvalue weighted by Crippen LogP contribution is -2.12. The molecule has 0 spiro atoms. The maximum absolute atomic E-state index is 12.2. The zero-order valence-electron chi connectivity index (χ0n) is 10.0. The lowest BCUT2D eigenvalue weighted by molar-refractivity contribution is 0.102. The van der Waals surface area contributed by atoms with Crippen LogP contribution in [-0.2, 0) is 0 Å². The maximum Gasteiger partial charge on any atom is 0.255 e. The van der Waals surface area contributed by atoms with E-state index in [1.54, 1.807) is 12.1 Å². The molecule has 2 aromatic rings. The van der Waals surface area contributed by atoms with E-state index in [2.05, 4.69) is 59.8 Å². The summed E-state index contributed by atoms with van der Waals surface area (Å²) in [5, 5.41) is 2.92. The van der Waals surface area contributed by atoms with Gasteiger partial charge in [-0.05, 0) is 71.5 Å². The minimum absolute atomic E-state index is 0.119. The topological polar surface area (TPSA) is 29.1 Å². The molecular formula is C14H10Br2INO. The van der Waals surface area contributed by atoms with Gasteiger partial charge >= 0.3 is 0 Å². The third kappa shape index (κ3) is 4.03. The summed E-state index contributed by atoms with van der Waals surface area (Å²) in [6, 6.07) is 11.4. The Hall–Kier alpha value is -0.400. The van der Waals surface area contributed by atoms with E-state index in [9.17, 15) is 4.79 Å². The second-order valence-electron chi connectivity index (χ2n) is 4.07. The third-order valence-electron chi connectivity index (χ3n) is 2.56. The van der Waals surface area contributed by atoms with Crippen LogP contribution in [0.25, 0.3) is 0 Å². The van der Waals surface area contributed by atoms with Crippen LogP contribution in [0.4, 0.5) is 5.69 Å². The Bertz CT molecular complexity index is 623. The Balaban J connectivity index is 2.25. The van der Waals surface area contributed by atoms with Gasteiger partial charge in [0, 0.05) is 23.8 Å². The van der Waals surface area contributed by atoms with Gasteiger partial charge in [0.15, 0.2) is 0 Å². The summed E-state index contributed by atoms with van der Waals surface area (Å²) < 4.78 is 2.89. The number of carbonyl (C=O) groups is 1. The van der Waals surface area contributed by atoms with Crippen LogP contribution in [0.15, 0.2) is 45.3 Å². The van der Waals surface area contributed by atoms with Gasteiger partial charge in [-0.25, -0.2) is 0 Å². The van der Waals surface area contributed by atoms with Gasteiger partial charge in [0.25, 0.3) is 5.91 Å². The number of rotatable bonds is 2. The Morgan fingerprint density at radius 3 is 2.32 bits per heavy atom. The summed E-state index contributed by atoms with van der Waals surface area (Å²) in [6.45, 7) is 1.98. The van der Waals surface area contributed by atoms with Crippen molar-refractivity contribution in [2.45, 2.75) is 6.92 Å². The highest BCUT2D eigenvalue weighted by Crippen LogP contribution is 2.22. The van der Waals surface area contributed by atoms with Gasteiger partial charge in [-0.1, -0.05) is 31.9 Å². The van der Waals surface area contributed by atoms with Gasteiger partial charge in [-0.3, -0.25) is 4.79 Å². The molecule has 0 aromatic heterocycles. The molecule has 0 heterocycles. The van der Waals surface area contributed by atoms with E-state index in [1.807, 2.05) is 31.2 Å². The molecule has 0 bridgehead atoms. The first-order valence-electron chi connectivity index (χ1n) is 5.49. The Labute approximate surface area is 142 Å². The number of anilines is 1. The summed E-state index contributed by atoms with van der Waals surface area (Å²) >= 11 is 9.01. The molecule has 2 nitrogen and oxygen atoms in total. The van der Waals surface area contributed by atoms with Crippen LogP contribution >= 0.6 is 54.5 Å². The van der Waals surface area contributed by atoms with Crippen LogP contribution in [-0.4, -0.2) is 5.91 Å². The van der Waals surface area contributed by atoms with Crippen LogP contribution in [0.2, 0.25) is 0 Å². The molecule has 2 rings (SSSR count). The first-order valence-corrected chi connectivity index (χ1v) is 8.16. The fourth-order valence-corrected chi connectivity index (χ4v) is 3.59. The van der Waals surface area contributed by atoms with Gasteiger partial charge in [0.1, 0.15) is 0 Å². The zero-order chi connectivity index (χ0) is 14.0. The quantitative estimate of drug-likeness (QED) is 0.558. The van der Waals surface area contributed by atoms with E-state index >= 15 is 0 Å². The van der Waals surface area contributed by atoms with E-state index in [4.69, 9.17) is 0 Å². The molecule has 1 N–H and O–H groups in total. The molecule has 0 atom stereocenters. The lowest BCUT2D eigenvalue weighted by Gasteiger charge is -2.09. The van der Waals surface area contributed by atoms with Crippen molar-refractivity contribution >= 4 is 66.0 Å². The molecule has 98 valence electrons. The SMILES string of the molecule is Cc1cc(I)ccc1NC(=O)c1cc(Br)cc(Br)c1. The minimum atomic E-state index is -0.119. The monoisotopic (exact) mass is 493 g/mol. The van der Waals surface area contributed by atoms with E-state index in [0.29, 0.717) is 5.56 Å². The average molecular weight is 495 g/mol. The maximum atomic E-state index is 12.2. The van der Waals surface area contributed by atoms with E-state index in [1.165, 1.54) is 0 Å². The number of nitrogens with one attached hydrogen (secondary N) is 1. The predicted molar refractivity (Wildman–Crippen MR) is 93.7 cm³/mol. The molecule has 0 radical (unpaired) electrons. The molecule has 0 unspecified atom stereocenters. The molecule has 0 aliphatic heterocycles. The highest BCUT2D eigenvalue weighted by molar-refractivity contribution is 14.1. The molecule has 2 aromatic carbocycles. The summed E-state index contributed by atoms with van der Waals surface area (Å²) in [5.41, 5.74) is 2.50. The molecule has 1 amide bonds. The molecule has 0 aliphatic carbocycles. The van der Waals surface area contributed by atoms with Crippen molar-refractivity contribution in [1.82, 2.24) is 0 Å². The molecule has 0 aliphatic rings. The first kappa shape index (κ1) is 15.0. The number of hydrogen-bond acceptors (Lipinski definition) is 1. The number of hydrogen-bond donors (Lipinski definition) is 1. The number of aryl methyl sites for hydroxylation is 1. The predicted octanol–water partition coefficient (Wildman–Crippen LogP) is 5.38. The Kier molecular flexibility index (Phi) is 5.03. The van der Waals surface area contributed by atoms with Gasteiger partial charge in [0.05, 0.1) is 0 Å². The van der Waals surface area contributed by atoms with Crippen LogP contribution in [0, 0.1) is 10.5 Å². The highest BCUT2D eigenvalue weighted by atomic mass is 127. The van der Waals surface area contributed by atoms with Crippen molar-refractivity contribution in [2.75, 3.05) is 5.32 Å². The second-order valence-corrected chi connectivity index (χ2v) is 7.15. The Morgan fingerprint density at radius 1 is 1.11 bits per heavy atom. The van der Waals surface area contributed by atoms with Crippen molar-refractivity contribution in [3.63, 3.8) is 0 Å². The van der Waals surface area contributed by atoms with Crippen LogP contribution in [0.5, 0.6) is 0 Å². The highest BCUT2D eigenvalue weighted by Gasteiger charge is 2.09. The van der Waals surface area contributed by atoms with E-state index in [0.717, 1.165) is 23.8 Å². The van der Waals surface area contributed by atoms with Gasteiger partial charge in [-0.2, -0.15) is 0 Å². The van der Waals surface area contributed by atoms with Crippen molar-refractivity contribution in [1.29, 1.82) is 0 Å². The minimum Gasteiger partial charge on any atom is -0.322 e. The van der Waals surface area contributed by atoms with Crippen LogP contribution in [0.1, 0.15) is 15.9 Å². The standard InChI is InChI=1S/C14H10Br2INO/c1-8-4-12(17)2-3-13(8)18-14(19)9-5-10(15)7-11(16)6-9/h2-7H,1H3,(H,18,19). The van der Waals surface area contributed by atoms with Gasteiger partial charge < -0.3 is 5.32 Å². The fraction of sp³-hybridized carbons (Fsp3) is 0.0714. The molecule has 0 saturated heterocycles. The Morgan fingerprint density at radius 2 is 1.74 bits per heavy atom. The fourth-order valence-electron chi connectivity index (χ4n) is 1.65. The summed E-state index contributed by atoms with van der Waals surface area (Å²) in [4.78, 5) is 12.2. The van der Waals surface area contributed by atoms with Gasteiger partial charge in [0.2, 0.25) is 0 Å². The average Bonchev–Trinajstić information content (AvgIpc) is 2.31. The number of halogens is 3. The van der Waals surface area contributed by atoms with Crippen molar-refractivity contribution in [3.8, 4) is 0 Å². The van der Waals surface area contributed by atoms with E-state index < -0.39 is 0 Å². The number of carbonyl (C=O) groups excluding carboxylic acids is 1. The number of amides is 1. The van der Waals surface area contributed by atoms with Crippen LogP contribution < -0.4 is 5.32 Å². The molecule has 0 fully saturated rings. The second kappa shape index (κ2) is 6.37. The third-order valence-corrected chi connectivity index (χ3v) is 4.15. The molecule has 19 heavy (non-hydrogen) atoms. The molecule has 0 saturated carbocycles. The van der Waals surface area contributed by atoms with Crippen molar-refractivity contribution in [2.24, 2.45) is 0 Å². The summed E-state index contributed by atoms with van der Waals surface area (Å²) in [7, 11) is 0. The summed E-state index contributed by atoms with van der Waals surface area (Å²) in [5.74, 6) is -0.119. The van der Waals surface area contributed by atoms with Gasteiger partial charge in [-0.15, -0.1) is 0 Å².